The highest BCUT2D eigenvalue weighted by Gasteiger charge is 2.01. The van der Waals surface area contributed by atoms with Gasteiger partial charge in [-0.2, -0.15) is 0 Å². The molecule has 1 unspecified atom stereocenters. The molecule has 0 fully saturated rings. The van der Waals surface area contributed by atoms with Gasteiger partial charge in [-0.1, -0.05) is 19.9 Å². The summed E-state index contributed by atoms with van der Waals surface area (Å²) in [5.74, 6) is 0.586. The second kappa shape index (κ2) is 7.07. The third-order valence-corrected chi connectivity index (χ3v) is 2.12. The molecule has 0 saturated heterocycles. The molecule has 0 bridgehead atoms. The average molecular weight is 187 g/mol. The van der Waals surface area contributed by atoms with E-state index in [0.717, 1.165) is 12.8 Å². The maximum atomic E-state index is 13.1. The molecule has 1 N–H and O–H groups in total. The maximum Gasteiger partial charge on any atom is 0.0960 e. The zero-order valence-corrected chi connectivity index (χ0v) is 9.23. The number of hydrogen-bond donors (Lipinski definition) is 1. The first kappa shape index (κ1) is 12.6. The number of rotatable bonds is 6. The van der Waals surface area contributed by atoms with Crippen molar-refractivity contribution in [2.75, 3.05) is 7.05 Å². The Morgan fingerprint density at radius 3 is 2.46 bits per heavy atom. The van der Waals surface area contributed by atoms with E-state index in [0.29, 0.717) is 18.4 Å². The molecule has 13 heavy (non-hydrogen) atoms. The van der Waals surface area contributed by atoms with Gasteiger partial charge in [0.1, 0.15) is 0 Å². The fraction of sp³-hybridized carbons (Fsp3) is 0.818. The lowest BCUT2D eigenvalue weighted by Gasteiger charge is -2.08. The fourth-order valence-electron chi connectivity index (χ4n) is 0.964. The zero-order valence-electron chi connectivity index (χ0n) is 9.23. The quantitative estimate of drug-likeness (QED) is 0.673. The highest BCUT2D eigenvalue weighted by atomic mass is 19.1. The van der Waals surface area contributed by atoms with Crippen molar-refractivity contribution in [3.63, 3.8) is 0 Å². The normalized spacial score (nSPS) is 15.1. The Hall–Kier alpha value is -0.370. The van der Waals surface area contributed by atoms with Gasteiger partial charge in [-0.05, 0) is 32.7 Å². The number of allylic oxidation sites excluding steroid dienone is 2. The standard InChI is InChI=1S/C11H22FN/c1-9(2)5-7-11(12)8-6-10(3)13-4/h7,9-10,13H,5-6,8H2,1-4H3. The topological polar surface area (TPSA) is 12.0 Å². The van der Waals surface area contributed by atoms with Gasteiger partial charge in [0.15, 0.2) is 0 Å². The predicted octanol–water partition coefficient (Wildman–Crippen LogP) is 3.27. The molecular formula is C11H22FN. The van der Waals surface area contributed by atoms with Gasteiger partial charge in [0, 0.05) is 12.5 Å². The molecule has 0 aromatic rings. The first-order valence-electron chi connectivity index (χ1n) is 5.08. The molecule has 0 aliphatic carbocycles. The van der Waals surface area contributed by atoms with Crippen molar-refractivity contribution >= 4 is 0 Å². The molecular weight excluding hydrogens is 165 g/mol. The summed E-state index contributed by atoms with van der Waals surface area (Å²) in [7, 11) is 1.90. The summed E-state index contributed by atoms with van der Waals surface area (Å²) in [4.78, 5) is 0. The lowest BCUT2D eigenvalue weighted by Crippen LogP contribution is -2.20. The molecule has 2 heteroatoms. The van der Waals surface area contributed by atoms with Crippen LogP contribution in [0.25, 0.3) is 0 Å². The van der Waals surface area contributed by atoms with Crippen LogP contribution in [-0.2, 0) is 0 Å². The lowest BCUT2D eigenvalue weighted by molar-refractivity contribution is 0.502. The fourth-order valence-corrected chi connectivity index (χ4v) is 0.964. The third-order valence-electron chi connectivity index (χ3n) is 2.12. The van der Waals surface area contributed by atoms with Gasteiger partial charge in [0.2, 0.25) is 0 Å². The predicted molar refractivity (Wildman–Crippen MR) is 56.4 cm³/mol. The van der Waals surface area contributed by atoms with E-state index in [1.807, 2.05) is 7.05 Å². The van der Waals surface area contributed by atoms with Gasteiger partial charge >= 0.3 is 0 Å². The van der Waals surface area contributed by atoms with Crippen LogP contribution in [0.4, 0.5) is 4.39 Å². The molecule has 0 rings (SSSR count). The highest BCUT2D eigenvalue weighted by molar-refractivity contribution is 4.92. The Labute approximate surface area is 81.4 Å². The lowest BCUT2D eigenvalue weighted by atomic mass is 10.1. The molecule has 0 amide bonds. The van der Waals surface area contributed by atoms with E-state index >= 15 is 0 Å². The second-order valence-corrected chi connectivity index (χ2v) is 4.01. The Balaban J connectivity index is 3.60. The Morgan fingerprint density at radius 2 is 2.00 bits per heavy atom. The van der Waals surface area contributed by atoms with Crippen molar-refractivity contribution in [3.05, 3.63) is 11.9 Å². The smallest absolute Gasteiger partial charge is 0.0960 e. The van der Waals surface area contributed by atoms with E-state index in [1.54, 1.807) is 6.08 Å². The largest absolute Gasteiger partial charge is 0.317 e. The summed E-state index contributed by atoms with van der Waals surface area (Å²) in [6, 6.07) is 0.401. The van der Waals surface area contributed by atoms with Gasteiger partial charge in [-0.15, -0.1) is 0 Å². The molecule has 0 aromatic carbocycles. The van der Waals surface area contributed by atoms with Crippen LogP contribution in [0.5, 0.6) is 0 Å². The van der Waals surface area contributed by atoms with Gasteiger partial charge < -0.3 is 5.32 Å². The Morgan fingerprint density at radius 1 is 1.38 bits per heavy atom. The Kier molecular flexibility index (Phi) is 6.87. The first-order valence-corrected chi connectivity index (χ1v) is 5.08. The summed E-state index contributed by atoms with van der Waals surface area (Å²) in [6.45, 7) is 6.26. The van der Waals surface area contributed by atoms with Crippen molar-refractivity contribution in [2.24, 2.45) is 5.92 Å². The molecule has 0 aromatic heterocycles. The second-order valence-electron chi connectivity index (χ2n) is 4.01. The molecule has 1 atom stereocenters. The molecule has 1 nitrogen and oxygen atoms in total. The van der Waals surface area contributed by atoms with E-state index in [2.05, 4.69) is 26.1 Å². The van der Waals surface area contributed by atoms with Crippen LogP contribution < -0.4 is 5.32 Å². The maximum absolute atomic E-state index is 13.1. The molecule has 78 valence electrons. The van der Waals surface area contributed by atoms with Crippen LogP contribution in [0.3, 0.4) is 0 Å². The molecule has 0 saturated carbocycles. The first-order chi connectivity index (χ1) is 6.06. The number of halogens is 1. The molecule has 0 aliphatic heterocycles. The Bertz CT molecular complexity index is 152. The minimum Gasteiger partial charge on any atom is -0.317 e. The molecule has 0 aliphatic rings. The van der Waals surface area contributed by atoms with Crippen LogP contribution in [0.15, 0.2) is 11.9 Å². The van der Waals surface area contributed by atoms with Crippen LogP contribution in [0.1, 0.15) is 40.0 Å². The summed E-state index contributed by atoms with van der Waals surface area (Å²) >= 11 is 0. The molecule has 0 spiro atoms. The van der Waals surface area contributed by atoms with Crippen LogP contribution >= 0.6 is 0 Å². The highest BCUT2D eigenvalue weighted by Crippen LogP contribution is 2.12. The SMILES string of the molecule is CNC(C)CCC(F)=CCC(C)C. The van der Waals surface area contributed by atoms with Crippen LogP contribution in [0.2, 0.25) is 0 Å². The van der Waals surface area contributed by atoms with Crippen LogP contribution in [-0.4, -0.2) is 13.1 Å². The van der Waals surface area contributed by atoms with E-state index < -0.39 is 0 Å². The van der Waals surface area contributed by atoms with Crippen molar-refractivity contribution in [1.29, 1.82) is 0 Å². The summed E-state index contributed by atoms with van der Waals surface area (Å²) < 4.78 is 13.1. The number of nitrogens with one attached hydrogen (secondary N) is 1. The van der Waals surface area contributed by atoms with E-state index in [4.69, 9.17) is 0 Å². The van der Waals surface area contributed by atoms with E-state index in [9.17, 15) is 4.39 Å². The van der Waals surface area contributed by atoms with E-state index in [1.165, 1.54) is 0 Å². The van der Waals surface area contributed by atoms with Gasteiger partial charge in [0.25, 0.3) is 0 Å². The summed E-state index contributed by atoms with van der Waals surface area (Å²) in [5, 5.41) is 3.09. The number of hydrogen-bond acceptors (Lipinski definition) is 1. The minimum atomic E-state index is 0.0378. The van der Waals surface area contributed by atoms with Gasteiger partial charge in [0.05, 0.1) is 5.83 Å². The van der Waals surface area contributed by atoms with E-state index in [-0.39, 0.29) is 5.83 Å². The summed E-state index contributed by atoms with van der Waals surface area (Å²) in [5.41, 5.74) is 0. The van der Waals surface area contributed by atoms with Gasteiger partial charge in [-0.25, -0.2) is 4.39 Å². The van der Waals surface area contributed by atoms with Crippen molar-refractivity contribution in [3.8, 4) is 0 Å². The minimum absolute atomic E-state index is 0.0378. The molecule has 0 heterocycles. The van der Waals surface area contributed by atoms with Crippen molar-refractivity contribution < 1.29 is 4.39 Å². The monoisotopic (exact) mass is 187 g/mol. The summed E-state index contributed by atoms with van der Waals surface area (Å²) in [6.07, 6.45) is 4.00. The average Bonchev–Trinajstić information content (AvgIpc) is 2.10. The van der Waals surface area contributed by atoms with Crippen molar-refractivity contribution in [1.82, 2.24) is 5.32 Å². The third kappa shape index (κ3) is 7.97. The van der Waals surface area contributed by atoms with Crippen molar-refractivity contribution in [2.45, 2.75) is 46.1 Å². The molecule has 0 radical (unpaired) electrons. The van der Waals surface area contributed by atoms with Crippen LogP contribution in [0, 0.1) is 5.92 Å². The zero-order chi connectivity index (χ0) is 10.3. The van der Waals surface area contributed by atoms with Gasteiger partial charge in [-0.3, -0.25) is 0 Å².